The first kappa shape index (κ1) is 7.42. The van der Waals surface area contributed by atoms with E-state index in [0.717, 1.165) is 11.5 Å². The van der Waals surface area contributed by atoms with Gasteiger partial charge in [0.05, 0.1) is 5.60 Å². The topological polar surface area (TPSA) is 20.2 Å². The lowest BCUT2D eigenvalue weighted by Gasteiger charge is -2.31. The molecule has 0 aromatic carbocycles. The lowest BCUT2D eigenvalue weighted by molar-refractivity contribution is -0.00813. The van der Waals surface area contributed by atoms with Crippen molar-refractivity contribution in [3.63, 3.8) is 0 Å². The summed E-state index contributed by atoms with van der Waals surface area (Å²) in [6.45, 7) is 6.16. The summed E-state index contributed by atoms with van der Waals surface area (Å²) < 4.78 is 0. The highest BCUT2D eigenvalue weighted by atomic mass is 32.2. The summed E-state index contributed by atoms with van der Waals surface area (Å²) in [6, 6.07) is 0. The van der Waals surface area contributed by atoms with Gasteiger partial charge in [0.2, 0.25) is 0 Å². The van der Waals surface area contributed by atoms with E-state index in [1.165, 1.54) is 0 Å². The third kappa shape index (κ3) is 1.10. The summed E-state index contributed by atoms with van der Waals surface area (Å²) in [4.78, 5) is 0. The highest BCUT2D eigenvalue weighted by molar-refractivity contribution is 7.99. The number of hydrogen-bond donors (Lipinski definition) is 1. The molecule has 54 valence electrons. The van der Waals surface area contributed by atoms with Gasteiger partial charge in [-0.25, -0.2) is 0 Å². The normalized spacial score (nSPS) is 41.3. The van der Waals surface area contributed by atoms with Crippen molar-refractivity contribution in [2.75, 3.05) is 11.5 Å². The minimum atomic E-state index is -0.447. The van der Waals surface area contributed by atoms with Gasteiger partial charge in [-0.15, -0.1) is 0 Å². The van der Waals surface area contributed by atoms with Crippen LogP contribution in [-0.2, 0) is 0 Å². The Labute approximate surface area is 60.8 Å². The van der Waals surface area contributed by atoms with Crippen LogP contribution in [0.4, 0.5) is 0 Å². The van der Waals surface area contributed by atoms with Crippen LogP contribution in [0.25, 0.3) is 0 Å². The Morgan fingerprint density at radius 2 is 1.78 bits per heavy atom. The lowest BCUT2D eigenvalue weighted by atomic mass is 9.79. The lowest BCUT2D eigenvalue weighted by Crippen LogP contribution is -2.40. The van der Waals surface area contributed by atoms with E-state index in [2.05, 4.69) is 13.8 Å². The van der Waals surface area contributed by atoms with E-state index in [4.69, 9.17) is 0 Å². The molecule has 1 atom stereocenters. The summed E-state index contributed by atoms with van der Waals surface area (Å²) in [5.41, 5.74) is -0.338. The monoisotopic (exact) mass is 146 g/mol. The molecule has 0 aromatic rings. The molecular formula is C7H14OS. The summed E-state index contributed by atoms with van der Waals surface area (Å²) in [5, 5.41) is 9.70. The van der Waals surface area contributed by atoms with Crippen LogP contribution in [0, 0.1) is 5.41 Å². The SMILES string of the molecule is CC1(C)CSCC1(C)O. The van der Waals surface area contributed by atoms with Crippen LogP contribution in [0.5, 0.6) is 0 Å². The van der Waals surface area contributed by atoms with Crippen molar-refractivity contribution in [2.45, 2.75) is 26.4 Å². The predicted molar refractivity (Wildman–Crippen MR) is 41.7 cm³/mol. The number of hydrogen-bond acceptors (Lipinski definition) is 2. The molecule has 2 heteroatoms. The molecule has 0 amide bonds. The quantitative estimate of drug-likeness (QED) is 0.559. The fourth-order valence-electron chi connectivity index (χ4n) is 0.856. The molecule has 1 nitrogen and oxygen atoms in total. The number of rotatable bonds is 0. The number of thioether (sulfide) groups is 1. The van der Waals surface area contributed by atoms with E-state index >= 15 is 0 Å². The first-order valence-electron chi connectivity index (χ1n) is 3.26. The first-order valence-corrected chi connectivity index (χ1v) is 4.41. The van der Waals surface area contributed by atoms with Crippen LogP contribution in [0.15, 0.2) is 0 Å². The van der Waals surface area contributed by atoms with Gasteiger partial charge in [0.15, 0.2) is 0 Å². The van der Waals surface area contributed by atoms with Crippen LogP contribution >= 0.6 is 11.8 Å². The van der Waals surface area contributed by atoms with Crippen molar-refractivity contribution in [2.24, 2.45) is 5.41 Å². The summed E-state index contributed by atoms with van der Waals surface area (Å²) in [5.74, 6) is 1.97. The molecular weight excluding hydrogens is 132 g/mol. The van der Waals surface area contributed by atoms with Gasteiger partial charge in [0.1, 0.15) is 0 Å². The van der Waals surface area contributed by atoms with E-state index in [9.17, 15) is 5.11 Å². The molecule has 0 saturated carbocycles. The average molecular weight is 146 g/mol. The summed E-state index contributed by atoms with van der Waals surface area (Å²) in [6.07, 6.45) is 0. The highest BCUT2D eigenvalue weighted by Crippen LogP contribution is 2.42. The molecule has 1 heterocycles. The maximum atomic E-state index is 9.70. The Balaban J connectivity index is 2.75. The standard InChI is InChI=1S/C7H14OS/c1-6(2)4-9-5-7(6,3)8/h8H,4-5H2,1-3H3. The third-order valence-electron chi connectivity index (χ3n) is 2.30. The van der Waals surface area contributed by atoms with E-state index in [1.807, 2.05) is 18.7 Å². The minimum Gasteiger partial charge on any atom is -0.389 e. The molecule has 1 rings (SSSR count). The van der Waals surface area contributed by atoms with Crippen LogP contribution in [0.1, 0.15) is 20.8 Å². The van der Waals surface area contributed by atoms with Gasteiger partial charge in [0, 0.05) is 16.9 Å². The molecule has 1 aliphatic heterocycles. The molecule has 1 unspecified atom stereocenters. The molecule has 1 fully saturated rings. The Bertz CT molecular complexity index is 104. The van der Waals surface area contributed by atoms with Gasteiger partial charge in [-0.2, -0.15) is 11.8 Å². The van der Waals surface area contributed by atoms with E-state index in [1.54, 1.807) is 0 Å². The van der Waals surface area contributed by atoms with E-state index < -0.39 is 5.60 Å². The van der Waals surface area contributed by atoms with Crippen LogP contribution < -0.4 is 0 Å². The summed E-state index contributed by atoms with van der Waals surface area (Å²) in [7, 11) is 0. The van der Waals surface area contributed by atoms with Crippen molar-refractivity contribution in [1.29, 1.82) is 0 Å². The third-order valence-corrected chi connectivity index (χ3v) is 4.00. The molecule has 0 bridgehead atoms. The predicted octanol–water partition coefficient (Wildman–Crippen LogP) is 1.51. The van der Waals surface area contributed by atoms with Crippen LogP contribution in [0.2, 0.25) is 0 Å². The first-order chi connectivity index (χ1) is 3.96. The largest absolute Gasteiger partial charge is 0.389 e. The summed E-state index contributed by atoms with van der Waals surface area (Å²) >= 11 is 1.84. The maximum absolute atomic E-state index is 9.70. The minimum absolute atomic E-state index is 0.109. The van der Waals surface area contributed by atoms with Crippen molar-refractivity contribution >= 4 is 11.8 Å². The molecule has 9 heavy (non-hydrogen) atoms. The van der Waals surface area contributed by atoms with Gasteiger partial charge in [-0.1, -0.05) is 13.8 Å². The molecule has 0 radical (unpaired) electrons. The van der Waals surface area contributed by atoms with Crippen LogP contribution in [-0.4, -0.2) is 22.2 Å². The fourth-order valence-corrected chi connectivity index (χ4v) is 2.57. The van der Waals surface area contributed by atoms with E-state index in [0.29, 0.717) is 0 Å². The Morgan fingerprint density at radius 3 is 1.89 bits per heavy atom. The maximum Gasteiger partial charge on any atom is 0.0768 e. The Kier molecular flexibility index (Phi) is 1.56. The van der Waals surface area contributed by atoms with Crippen molar-refractivity contribution in [3.8, 4) is 0 Å². The Morgan fingerprint density at radius 1 is 1.22 bits per heavy atom. The zero-order chi connectivity index (χ0) is 7.12. The fraction of sp³-hybridized carbons (Fsp3) is 1.00. The van der Waals surface area contributed by atoms with Crippen molar-refractivity contribution in [1.82, 2.24) is 0 Å². The zero-order valence-electron chi connectivity index (χ0n) is 6.27. The van der Waals surface area contributed by atoms with Gasteiger partial charge >= 0.3 is 0 Å². The molecule has 1 saturated heterocycles. The van der Waals surface area contributed by atoms with Crippen LogP contribution in [0.3, 0.4) is 0 Å². The van der Waals surface area contributed by atoms with Gasteiger partial charge < -0.3 is 5.11 Å². The van der Waals surface area contributed by atoms with Gasteiger partial charge in [0.25, 0.3) is 0 Å². The average Bonchev–Trinajstić information content (AvgIpc) is 1.81. The molecule has 0 aromatic heterocycles. The highest BCUT2D eigenvalue weighted by Gasteiger charge is 2.43. The second-order valence-corrected chi connectivity index (χ2v) is 4.64. The van der Waals surface area contributed by atoms with Gasteiger partial charge in [-0.3, -0.25) is 0 Å². The number of aliphatic hydroxyl groups is 1. The zero-order valence-corrected chi connectivity index (χ0v) is 7.09. The molecule has 0 spiro atoms. The second-order valence-electron chi connectivity index (χ2n) is 3.65. The van der Waals surface area contributed by atoms with Gasteiger partial charge in [-0.05, 0) is 6.92 Å². The smallest absolute Gasteiger partial charge is 0.0768 e. The van der Waals surface area contributed by atoms with Crippen molar-refractivity contribution in [3.05, 3.63) is 0 Å². The molecule has 0 aliphatic carbocycles. The Hall–Kier alpha value is 0.310. The van der Waals surface area contributed by atoms with E-state index in [-0.39, 0.29) is 5.41 Å². The second kappa shape index (κ2) is 1.89. The van der Waals surface area contributed by atoms with Crippen molar-refractivity contribution < 1.29 is 5.11 Å². The molecule has 1 N–H and O–H groups in total. The molecule has 1 aliphatic rings.